The van der Waals surface area contributed by atoms with Gasteiger partial charge in [0.25, 0.3) is 0 Å². The lowest BCUT2D eigenvalue weighted by Crippen LogP contribution is -2.40. The summed E-state index contributed by atoms with van der Waals surface area (Å²) in [4.78, 5) is 22.4. The third-order valence-corrected chi connectivity index (χ3v) is 5.67. The largest absolute Gasteiger partial charge is 0.464 e. The Labute approximate surface area is 194 Å². The molecule has 12 heteroatoms. The maximum absolute atomic E-state index is 11.7. The minimum atomic E-state index is -1.85. The number of rotatable bonds is 8. The van der Waals surface area contributed by atoms with Gasteiger partial charge in [0, 0.05) is 12.8 Å². The number of carbonyl (C=O) groups is 1. The number of aryl methyl sites for hydroxylation is 1. The third kappa shape index (κ3) is 5.11. The number of nitrogens with one attached hydrogen (secondary N) is 1. The van der Waals surface area contributed by atoms with E-state index in [9.17, 15) is 40.4 Å². The van der Waals surface area contributed by atoms with Crippen molar-refractivity contribution in [3.05, 3.63) is 52.1 Å². The number of nitro benzene ring substituents is 1. The van der Waals surface area contributed by atoms with Crippen LogP contribution in [0.25, 0.3) is 0 Å². The van der Waals surface area contributed by atoms with Gasteiger partial charge in [0.15, 0.2) is 5.75 Å². The predicted octanol–water partition coefficient (Wildman–Crippen LogP) is 0.672. The maximum atomic E-state index is 11.7. The SMILES string of the molecule is CC(=O)Nc1ccccc1Oc1cc(C)c(OC(O)C2C(O)C(O)C(CO)C2O)cc1[N+](=O)[O-]. The lowest BCUT2D eigenvalue weighted by Gasteiger charge is -2.26. The molecule has 6 atom stereocenters. The van der Waals surface area contributed by atoms with E-state index in [1.165, 1.54) is 26.0 Å². The molecule has 12 nitrogen and oxygen atoms in total. The highest BCUT2D eigenvalue weighted by atomic mass is 16.6. The molecule has 2 aromatic rings. The van der Waals surface area contributed by atoms with Crippen molar-refractivity contribution in [2.75, 3.05) is 11.9 Å². The minimum absolute atomic E-state index is 0.122. The number of anilines is 1. The van der Waals surface area contributed by atoms with Gasteiger partial charge in [-0.15, -0.1) is 0 Å². The Morgan fingerprint density at radius 3 is 2.38 bits per heavy atom. The van der Waals surface area contributed by atoms with Gasteiger partial charge < -0.3 is 40.3 Å². The van der Waals surface area contributed by atoms with Crippen LogP contribution in [0, 0.1) is 28.9 Å². The van der Waals surface area contributed by atoms with E-state index in [4.69, 9.17) is 9.47 Å². The summed E-state index contributed by atoms with van der Waals surface area (Å²) in [6, 6.07) is 8.68. The van der Waals surface area contributed by atoms with Crippen LogP contribution in [0.2, 0.25) is 0 Å². The quantitative estimate of drug-likeness (QED) is 0.178. The number of benzene rings is 2. The first kappa shape index (κ1) is 25.3. The Bertz CT molecular complexity index is 1060. The summed E-state index contributed by atoms with van der Waals surface area (Å²) in [5, 5.41) is 64.5. The molecule has 6 N–H and O–H groups in total. The van der Waals surface area contributed by atoms with E-state index in [-0.39, 0.29) is 23.2 Å². The summed E-state index contributed by atoms with van der Waals surface area (Å²) < 4.78 is 11.1. The number of nitrogens with zero attached hydrogens (tertiary/aromatic N) is 1. The highest BCUT2D eigenvalue weighted by molar-refractivity contribution is 5.90. The second-order valence-corrected chi connectivity index (χ2v) is 8.03. The molecule has 0 aromatic heterocycles. The molecule has 2 aromatic carbocycles. The van der Waals surface area contributed by atoms with Crippen LogP contribution in [-0.4, -0.2) is 67.6 Å². The molecule has 0 radical (unpaired) electrons. The van der Waals surface area contributed by atoms with E-state index < -0.39 is 53.7 Å². The lowest BCUT2D eigenvalue weighted by atomic mass is 10.00. The summed E-state index contributed by atoms with van der Waals surface area (Å²) >= 11 is 0. The molecular formula is C22H26N2O10. The lowest BCUT2D eigenvalue weighted by molar-refractivity contribution is -0.385. The first-order valence-electron chi connectivity index (χ1n) is 10.4. The average molecular weight is 478 g/mol. The molecule has 3 rings (SSSR count). The van der Waals surface area contributed by atoms with Crippen molar-refractivity contribution >= 4 is 17.3 Å². The number of nitro groups is 1. The fraction of sp³-hybridized carbons (Fsp3) is 0.409. The Morgan fingerprint density at radius 2 is 1.79 bits per heavy atom. The van der Waals surface area contributed by atoms with Crippen LogP contribution in [0.3, 0.4) is 0 Å². The van der Waals surface area contributed by atoms with Gasteiger partial charge in [0.05, 0.1) is 47.5 Å². The molecule has 1 fully saturated rings. The Morgan fingerprint density at radius 1 is 1.12 bits per heavy atom. The molecule has 184 valence electrons. The Kier molecular flexibility index (Phi) is 7.69. The molecule has 0 spiro atoms. The van der Waals surface area contributed by atoms with Crippen molar-refractivity contribution < 1.29 is 44.7 Å². The standard InChI is InChI=1S/C22H26N2O10/c1-10-7-17(33-15-6-4-3-5-13(15)23-11(2)26)14(24(31)32)8-16(10)34-22(30)18-19(27)12(9-25)20(28)21(18)29/h3-8,12,18-22,25,27-30H,9H2,1-2H3,(H,23,26). The molecule has 1 aliphatic rings. The zero-order chi connectivity index (χ0) is 25.2. The monoisotopic (exact) mass is 478 g/mol. The van der Waals surface area contributed by atoms with Crippen LogP contribution < -0.4 is 14.8 Å². The zero-order valence-electron chi connectivity index (χ0n) is 18.4. The number of ether oxygens (including phenoxy) is 2. The van der Waals surface area contributed by atoms with Crippen molar-refractivity contribution in [3.63, 3.8) is 0 Å². The van der Waals surface area contributed by atoms with E-state index in [1.54, 1.807) is 18.2 Å². The van der Waals surface area contributed by atoms with Gasteiger partial charge in [-0.3, -0.25) is 14.9 Å². The van der Waals surface area contributed by atoms with Gasteiger partial charge in [-0.25, -0.2) is 0 Å². The normalized spacial score (nSPS) is 25.0. The smallest absolute Gasteiger partial charge is 0.315 e. The molecule has 0 aliphatic heterocycles. The first-order chi connectivity index (χ1) is 16.0. The van der Waals surface area contributed by atoms with Gasteiger partial charge in [0.1, 0.15) is 5.75 Å². The number of hydrogen-bond acceptors (Lipinski definition) is 10. The second kappa shape index (κ2) is 10.3. The maximum Gasteiger partial charge on any atom is 0.315 e. The molecular weight excluding hydrogens is 452 g/mol. The summed E-state index contributed by atoms with van der Waals surface area (Å²) in [7, 11) is 0. The Hall–Kier alpha value is -3.29. The van der Waals surface area contributed by atoms with E-state index >= 15 is 0 Å². The van der Waals surface area contributed by atoms with Crippen LogP contribution in [0.15, 0.2) is 36.4 Å². The molecule has 0 heterocycles. The molecule has 1 amide bonds. The molecule has 0 bridgehead atoms. The summed E-state index contributed by atoms with van der Waals surface area (Å²) in [5.41, 5.74) is 0.114. The van der Waals surface area contributed by atoms with Crippen LogP contribution in [-0.2, 0) is 4.79 Å². The van der Waals surface area contributed by atoms with Crippen molar-refractivity contribution in [3.8, 4) is 17.2 Å². The van der Waals surface area contributed by atoms with E-state index in [1.807, 2.05) is 0 Å². The van der Waals surface area contributed by atoms with Crippen LogP contribution >= 0.6 is 0 Å². The minimum Gasteiger partial charge on any atom is -0.464 e. The predicted molar refractivity (Wildman–Crippen MR) is 117 cm³/mol. The topological polar surface area (TPSA) is 192 Å². The van der Waals surface area contributed by atoms with Crippen molar-refractivity contribution in [1.82, 2.24) is 0 Å². The second-order valence-electron chi connectivity index (χ2n) is 8.03. The number of amides is 1. The number of carbonyl (C=O) groups excluding carboxylic acids is 1. The first-order valence-corrected chi connectivity index (χ1v) is 10.4. The number of para-hydroxylation sites is 2. The average Bonchev–Trinajstić information content (AvgIpc) is 2.98. The van der Waals surface area contributed by atoms with E-state index in [0.29, 0.717) is 11.3 Å². The highest BCUT2D eigenvalue weighted by Crippen LogP contribution is 2.41. The van der Waals surface area contributed by atoms with E-state index in [0.717, 1.165) is 6.07 Å². The molecule has 1 saturated carbocycles. The zero-order valence-corrected chi connectivity index (χ0v) is 18.4. The van der Waals surface area contributed by atoms with Gasteiger partial charge in [0.2, 0.25) is 17.9 Å². The van der Waals surface area contributed by atoms with Crippen molar-refractivity contribution in [2.45, 2.75) is 38.4 Å². The molecule has 34 heavy (non-hydrogen) atoms. The van der Waals surface area contributed by atoms with Gasteiger partial charge in [-0.05, 0) is 30.7 Å². The van der Waals surface area contributed by atoms with Crippen molar-refractivity contribution in [2.24, 2.45) is 11.8 Å². The van der Waals surface area contributed by atoms with Crippen molar-refractivity contribution in [1.29, 1.82) is 0 Å². The fourth-order valence-electron chi connectivity index (χ4n) is 3.90. The van der Waals surface area contributed by atoms with E-state index in [2.05, 4.69) is 5.32 Å². The van der Waals surface area contributed by atoms with Crippen LogP contribution in [0.4, 0.5) is 11.4 Å². The molecule has 6 unspecified atom stereocenters. The number of aliphatic hydroxyl groups excluding tert-OH is 5. The summed E-state index contributed by atoms with van der Waals surface area (Å²) in [6.07, 6.45) is -6.40. The van der Waals surface area contributed by atoms with Gasteiger partial charge in [-0.1, -0.05) is 12.1 Å². The molecule has 1 aliphatic carbocycles. The third-order valence-electron chi connectivity index (χ3n) is 5.67. The summed E-state index contributed by atoms with van der Waals surface area (Å²) in [5.74, 6) is -2.93. The molecule has 0 saturated heterocycles. The van der Waals surface area contributed by atoms with Crippen LogP contribution in [0.5, 0.6) is 17.2 Å². The number of aliphatic hydroxyl groups is 5. The number of hydrogen-bond donors (Lipinski definition) is 6. The fourth-order valence-corrected chi connectivity index (χ4v) is 3.90. The Balaban J connectivity index is 1.89. The van der Waals surface area contributed by atoms with Gasteiger partial charge >= 0.3 is 5.69 Å². The van der Waals surface area contributed by atoms with Crippen LogP contribution in [0.1, 0.15) is 12.5 Å². The summed E-state index contributed by atoms with van der Waals surface area (Å²) in [6.45, 7) is 2.21. The van der Waals surface area contributed by atoms with Gasteiger partial charge in [-0.2, -0.15) is 0 Å². The highest BCUT2D eigenvalue weighted by Gasteiger charge is 2.52.